The summed E-state index contributed by atoms with van der Waals surface area (Å²) in [6, 6.07) is 21.2. The summed E-state index contributed by atoms with van der Waals surface area (Å²) in [5.74, 6) is 0.320. The summed E-state index contributed by atoms with van der Waals surface area (Å²) in [6.07, 6.45) is 2.06. The van der Waals surface area contributed by atoms with Crippen LogP contribution in [0.15, 0.2) is 73.3 Å². The molecule has 0 saturated carbocycles. The van der Waals surface area contributed by atoms with Gasteiger partial charge in [0.2, 0.25) is 0 Å². The Bertz CT molecular complexity index is 494. The molecule has 0 aromatic heterocycles. The minimum Gasteiger partial charge on any atom is -0.102 e. The largest absolute Gasteiger partial charge is 0.102 e. The second-order valence-corrected chi connectivity index (χ2v) is 5.21. The molecule has 0 N–H and O–H groups in total. The van der Waals surface area contributed by atoms with Gasteiger partial charge in [0.15, 0.2) is 0 Å². The highest BCUT2D eigenvalue weighted by Gasteiger charge is 2.29. The lowest BCUT2D eigenvalue weighted by atomic mass is 9.70. The maximum Gasteiger partial charge on any atom is 0.0107 e. The molecule has 0 spiro atoms. The molecular formula is C18H20. The molecule has 1 unspecified atom stereocenters. The van der Waals surface area contributed by atoms with Crippen molar-refractivity contribution in [1.29, 1.82) is 0 Å². The van der Waals surface area contributed by atoms with Crippen molar-refractivity contribution < 1.29 is 0 Å². The van der Waals surface area contributed by atoms with E-state index in [-0.39, 0.29) is 5.41 Å². The molecule has 92 valence electrons. The SMILES string of the molecule is C=CC(c1ccccc1)C(C)(C)c1ccccc1. The van der Waals surface area contributed by atoms with E-state index in [4.69, 9.17) is 0 Å². The van der Waals surface area contributed by atoms with Gasteiger partial charge in [0.1, 0.15) is 0 Å². The zero-order valence-corrected chi connectivity index (χ0v) is 11.1. The van der Waals surface area contributed by atoms with Crippen molar-refractivity contribution in [1.82, 2.24) is 0 Å². The molecule has 0 radical (unpaired) electrons. The monoisotopic (exact) mass is 236 g/mol. The first-order valence-corrected chi connectivity index (χ1v) is 6.39. The van der Waals surface area contributed by atoms with Gasteiger partial charge in [-0.1, -0.05) is 80.6 Å². The summed E-state index contributed by atoms with van der Waals surface area (Å²) < 4.78 is 0. The normalized spacial score (nSPS) is 13.0. The summed E-state index contributed by atoms with van der Waals surface area (Å²) in [7, 11) is 0. The lowest BCUT2D eigenvalue weighted by Gasteiger charge is -2.33. The summed E-state index contributed by atoms with van der Waals surface area (Å²) in [4.78, 5) is 0. The lowest BCUT2D eigenvalue weighted by Crippen LogP contribution is -2.25. The van der Waals surface area contributed by atoms with Crippen molar-refractivity contribution in [3.63, 3.8) is 0 Å². The molecular weight excluding hydrogens is 216 g/mol. The molecule has 2 aromatic carbocycles. The van der Waals surface area contributed by atoms with E-state index < -0.39 is 0 Å². The number of benzene rings is 2. The molecule has 0 aliphatic heterocycles. The molecule has 0 heterocycles. The Hall–Kier alpha value is -1.82. The van der Waals surface area contributed by atoms with Gasteiger partial charge >= 0.3 is 0 Å². The van der Waals surface area contributed by atoms with Gasteiger partial charge < -0.3 is 0 Å². The highest BCUT2D eigenvalue weighted by atomic mass is 14.3. The minimum atomic E-state index is 0.0460. The Morgan fingerprint density at radius 2 is 1.39 bits per heavy atom. The summed E-state index contributed by atoms with van der Waals surface area (Å²) >= 11 is 0. The molecule has 0 bridgehead atoms. The van der Waals surface area contributed by atoms with Crippen LogP contribution in [0, 0.1) is 0 Å². The predicted molar refractivity (Wildman–Crippen MR) is 78.8 cm³/mol. The lowest BCUT2D eigenvalue weighted by molar-refractivity contribution is 0.470. The molecule has 1 atom stereocenters. The molecule has 0 amide bonds. The molecule has 0 nitrogen and oxygen atoms in total. The second kappa shape index (κ2) is 5.22. The molecule has 0 aliphatic carbocycles. The van der Waals surface area contributed by atoms with Gasteiger partial charge in [0, 0.05) is 5.92 Å². The van der Waals surface area contributed by atoms with E-state index in [0.717, 1.165) is 0 Å². The van der Waals surface area contributed by atoms with Crippen molar-refractivity contribution in [2.24, 2.45) is 0 Å². The fourth-order valence-corrected chi connectivity index (χ4v) is 2.56. The Labute approximate surface area is 110 Å². The van der Waals surface area contributed by atoms with Crippen LogP contribution in [0.1, 0.15) is 30.9 Å². The highest BCUT2D eigenvalue weighted by Crippen LogP contribution is 2.39. The van der Waals surface area contributed by atoms with Gasteiger partial charge in [0.25, 0.3) is 0 Å². The van der Waals surface area contributed by atoms with E-state index in [2.05, 4.69) is 87.2 Å². The first-order valence-electron chi connectivity index (χ1n) is 6.39. The number of rotatable bonds is 4. The van der Waals surface area contributed by atoms with Crippen LogP contribution in [0.25, 0.3) is 0 Å². The van der Waals surface area contributed by atoms with Crippen LogP contribution >= 0.6 is 0 Å². The first-order chi connectivity index (χ1) is 8.66. The quantitative estimate of drug-likeness (QED) is 0.660. The van der Waals surface area contributed by atoms with E-state index in [9.17, 15) is 0 Å². The topological polar surface area (TPSA) is 0 Å². The van der Waals surface area contributed by atoms with Crippen molar-refractivity contribution in [2.75, 3.05) is 0 Å². The second-order valence-electron chi connectivity index (χ2n) is 5.21. The van der Waals surface area contributed by atoms with Crippen LogP contribution in [0.4, 0.5) is 0 Å². The van der Waals surface area contributed by atoms with Crippen molar-refractivity contribution in [3.8, 4) is 0 Å². The van der Waals surface area contributed by atoms with Crippen molar-refractivity contribution >= 4 is 0 Å². The Morgan fingerprint density at radius 3 is 1.89 bits per heavy atom. The van der Waals surface area contributed by atoms with Crippen LogP contribution in [0.2, 0.25) is 0 Å². The average Bonchev–Trinajstić information content (AvgIpc) is 2.41. The molecule has 2 rings (SSSR count). The van der Waals surface area contributed by atoms with E-state index in [1.807, 2.05) is 0 Å². The van der Waals surface area contributed by atoms with Gasteiger partial charge in [-0.05, 0) is 16.5 Å². The van der Waals surface area contributed by atoms with Crippen LogP contribution in [0.3, 0.4) is 0 Å². The summed E-state index contributed by atoms with van der Waals surface area (Å²) in [5.41, 5.74) is 2.71. The molecule has 0 heteroatoms. The van der Waals surface area contributed by atoms with E-state index in [0.29, 0.717) is 5.92 Å². The predicted octanol–water partition coefficient (Wildman–Crippen LogP) is 4.93. The molecule has 0 saturated heterocycles. The number of hydrogen-bond acceptors (Lipinski definition) is 0. The Morgan fingerprint density at radius 1 is 0.889 bits per heavy atom. The van der Waals surface area contributed by atoms with Gasteiger partial charge in [-0.15, -0.1) is 6.58 Å². The molecule has 2 aromatic rings. The third-order valence-corrected chi connectivity index (χ3v) is 3.69. The third-order valence-electron chi connectivity index (χ3n) is 3.69. The van der Waals surface area contributed by atoms with Crippen LogP contribution in [-0.2, 0) is 5.41 Å². The maximum atomic E-state index is 4.03. The van der Waals surface area contributed by atoms with Gasteiger partial charge in [-0.3, -0.25) is 0 Å². The van der Waals surface area contributed by atoms with E-state index >= 15 is 0 Å². The van der Waals surface area contributed by atoms with Crippen LogP contribution < -0.4 is 0 Å². The average molecular weight is 236 g/mol. The Balaban J connectivity index is 2.42. The van der Waals surface area contributed by atoms with Gasteiger partial charge in [-0.25, -0.2) is 0 Å². The number of hydrogen-bond donors (Lipinski definition) is 0. The summed E-state index contributed by atoms with van der Waals surface area (Å²) in [5, 5.41) is 0. The standard InChI is InChI=1S/C18H20/c1-4-17(15-11-7-5-8-12-15)18(2,3)16-13-9-6-10-14-16/h4-14,17H,1H2,2-3H3. The molecule has 0 fully saturated rings. The molecule has 18 heavy (non-hydrogen) atoms. The molecule has 0 aliphatic rings. The Kier molecular flexibility index (Phi) is 3.66. The summed E-state index contributed by atoms with van der Waals surface area (Å²) in [6.45, 7) is 8.59. The van der Waals surface area contributed by atoms with E-state index in [1.165, 1.54) is 11.1 Å². The first kappa shape index (κ1) is 12.6. The zero-order chi connectivity index (χ0) is 13.0. The van der Waals surface area contributed by atoms with Gasteiger partial charge in [-0.2, -0.15) is 0 Å². The smallest absolute Gasteiger partial charge is 0.0107 e. The minimum absolute atomic E-state index is 0.0460. The third kappa shape index (κ3) is 2.38. The fourth-order valence-electron chi connectivity index (χ4n) is 2.56. The van der Waals surface area contributed by atoms with E-state index in [1.54, 1.807) is 0 Å². The van der Waals surface area contributed by atoms with Crippen molar-refractivity contribution in [2.45, 2.75) is 25.2 Å². The number of allylic oxidation sites excluding steroid dienone is 1. The maximum absolute atomic E-state index is 4.03. The van der Waals surface area contributed by atoms with Crippen LogP contribution in [-0.4, -0.2) is 0 Å². The van der Waals surface area contributed by atoms with Crippen LogP contribution in [0.5, 0.6) is 0 Å². The highest BCUT2D eigenvalue weighted by molar-refractivity contribution is 5.35. The van der Waals surface area contributed by atoms with Crippen molar-refractivity contribution in [3.05, 3.63) is 84.4 Å². The fraction of sp³-hybridized carbons (Fsp3) is 0.222. The van der Waals surface area contributed by atoms with Gasteiger partial charge in [0.05, 0.1) is 0 Å². The zero-order valence-electron chi connectivity index (χ0n) is 11.1.